The van der Waals surface area contributed by atoms with Crippen molar-refractivity contribution in [2.45, 2.75) is 12.8 Å². The normalized spacial score (nSPS) is 10.8. The first-order valence-electron chi connectivity index (χ1n) is 9.28. The van der Waals surface area contributed by atoms with Crippen molar-refractivity contribution >= 4 is 17.6 Å². The number of anilines is 1. The van der Waals surface area contributed by atoms with E-state index < -0.39 is 41.0 Å². The highest BCUT2D eigenvalue weighted by Crippen LogP contribution is 2.25. The number of nitrogens with zero attached hydrogens (tertiary/aromatic N) is 2. The zero-order chi connectivity index (χ0) is 22.7. The van der Waals surface area contributed by atoms with Crippen molar-refractivity contribution in [2.75, 3.05) is 12.3 Å². The van der Waals surface area contributed by atoms with Crippen LogP contribution in [0.15, 0.2) is 50.4 Å². The number of esters is 1. The maximum atomic E-state index is 13.8. The fraction of sp³-hybridized carbons (Fsp3) is 0.238. The van der Waals surface area contributed by atoms with Gasteiger partial charge in [0.2, 0.25) is 5.78 Å². The average Bonchev–Trinajstić information content (AvgIpc) is 3.22. The Morgan fingerprint density at radius 1 is 1.10 bits per heavy atom. The summed E-state index contributed by atoms with van der Waals surface area (Å²) < 4.78 is 26.0. The number of hydrogen-bond donors (Lipinski definition) is 1. The van der Waals surface area contributed by atoms with E-state index in [1.807, 2.05) is 0 Å². The van der Waals surface area contributed by atoms with Crippen LogP contribution < -0.4 is 17.0 Å². The SMILES string of the molecule is Cn1c(N)c(C(=O)COC(=O)CCc2ccc(-c3ccccc3F)o2)c(=O)n(C)c1=O. The van der Waals surface area contributed by atoms with E-state index in [1.165, 1.54) is 20.2 Å². The Morgan fingerprint density at radius 2 is 1.81 bits per heavy atom. The minimum absolute atomic E-state index is 0.0989. The number of nitrogens with two attached hydrogens (primary N) is 1. The second-order valence-electron chi connectivity index (χ2n) is 6.80. The van der Waals surface area contributed by atoms with Crippen LogP contribution in [-0.4, -0.2) is 27.5 Å². The molecular formula is C21H20FN3O6. The first-order valence-corrected chi connectivity index (χ1v) is 9.28. The zero-order valence-corrected chi connectivity index (χ0v) is 16.9. The summed E-state index contributed by atoms with van der Waals surface area (Å²) in [5.41, 5.74) is 4.05. The molecule has 0 aliphatic carbocycles. The third kappa shape index (κ3) is 4.47. The van der Waals surface area contributed by atoms with Gasteiger partial charge in [0.25, 0.3) is 5.56 Å². The number of carbonyl (C=O) groups excluding carboxylic acids is 2. The molecule has 31 heavy (non-hydrogen) atoms. The number of Topliss-reactive ketones (excluding diaryl/α,β-unsaturated/α-hetero) is 1. The standard InChI is InChI=1S/C21H20FN3O6/c1-24-19(23)18(20(28)25(2)21(24)29)15(26)11-30-17(27)10-8-12-7-9-16(31-12)13-5-3-4-6-14(13)22/h3-7,9H,8,10-11,23H2,1-2H3. The number of ether oxygens (including phenoxy) is 1. The van der Waals surface area contributed by atoms with Gasteiger partial charge in [0.05, 0.1) is 12.0 Å². The molecule has 0 spiro atoms. The van der Waals surface area contributed by atoms with Crippen LogP contribution in [0.2, 0.25) is 0 Å². The molecule has 0 aliphatic rings. The Bertz CT molecular complexity index is 1270. The molecule has 0 unspecified atom stereocenters. The van der Waals surface area contributed by atoms with E-state index in [9.17, 15) is 23.6 Å². The molecule has 2 N–H and O–H groups in total. The van der Waals surface area contributed by atoms with Gasteiger partial charge in [0, 0.05) is 20.5 Å². The molecule has 3 aromatic rings. The Balaban J connectivity index is 1.60. The minimum Gasteiger partial charge on any atom is -0.461 e. The van der Waals surface area contributed by atoms with E-state index in [0.717, 1.165) is 9.13 Å². The first-order chi connectivity index (χ1) is 14.7. The molecule has 9 nitrogen and oxygen atoms in total. The van der Waals surface area contributed by atoms with Crippen LogP contribution in [0.5, 0.6) is 0 Å². The monoisotopic (exact) mass is 429 g/mol. The summed E-state index contributed by atoms with van der Waals surface area (Å²) in [6.07, 6.45) is 0.0729. The van der Waals surface area contributed by atoms with Crippen LogP contribution in [-0.2, 0) is 30.0 Å². The lowest BCUT2D eigenvalue weighted by molar-refractivity contribution is -0.142. The molecule has 0 atom stereocenters. The van der Waals surface area contributed by atoms with E-state index in [2.05, 4.69) is 0 Å². The highest BCUT2D eigenvalue weighted by atomic mass is 19.1. The van der Waals surface area contributed by atoms with Crippen LogP contribution in [0.1, 0.15) is 22.5 Å². The third-order valence-electron chi connectivity index (χ3n) is 4.73. The Morgan fingerprint density at radius 3 is 2.52 bits per heavy atom. The van der Waals surface area contributed by atoms with Gasteiger partial charge in [0.15, 0.2) is 6.61 Å². The molecule has 0 saturated carbocycles. The molecule has 0 radical (unpaired) electrons. The van der Waals surface area contributed by atoms with Crippen molar-refractivity contribution in [1.82, 2.24) is 9.13 Å². The maximum absolute atomic E-state index is 13.8. The lowest BCUT2D eigenvalue weighted by Gasteiger charge is -2.10. The number of nitrogen functional groups attached to an aromatic ring is 1. The van der Waals surface area contributed by atoms with Crippen LogP contribution in [0.3, 0.4) is 0 Å². The maximum Gasteiger partial charge on any atom is 0.332 e. The van der Waals surface area contributed by atoms with E-state index in [0.29, 0.717) is 17.1 Å². The number of halogens is 1. The number of ketones is 1. The van der Waals surface area contributed by atoms with Gasteiger partial charge in [-0.15, -0.1) is 0 Å². The summed E-state index contributed by atoms with van der Waals surface area (Å²) >= 11 is 0. The lowest BCUT2D eigenvalue weighted by atomic mass is 10.1. The summed E-state index contributed by atoms with van der Waals surface area (Å²) in [4.78, 5) is 48.3. The number of aromatic nitrogens is 2. The number of hydrogen-bond acceptors (Lipinski definition) is 7. The van der Waals surface area contributed by atoms with Gasteiger partial charge >= 0.3 is 11.7 Å². The third-order valence-corrected chi connectivity index (χ3v) is 4.73. The Labute approximate surface area is 175 Å². The number of furan rings is 1. The molecule has 2 heterocycles. The minimum atomic E-state index is -0.863. The lowest BCUT2D eigenvalue weighted by Crippen LogP contribution is -2.42. The number of carbonyl (C=O) groups is 2. The predicted molar refractivity (Wildman–Crippen MR) is 109 cm³/mol. The summed E-state index contributed by atoms with van der Waals surface area (Å²) in [5.74, 6) is -1.47. The van der Waals surface area contributed by atoms with Gasteiger partial charge in [-0.3, -0.25) is 23.5 Å². The number of benzene rings is 1. The quantitative estimate of drug-likeness (QED) is 0.445. The molecule has 0 fully saturated rings. The molecule has 10 heteroatoms. The predicted octanol–water partition coefficient (Wildman–Crippen LogP) is 1.42. The molecule has 0 aliphatic heterocycles. The summed E-state index contributed by atoms with van der Waals surface area (Å²) in [5, 5.41) is 0. The van der Waals surface area contributed by atoms with Crippen molar-refractivity contribution in [1.29, 1.82) is 0 Å². The summed E-state index contributed by atoms with van der Waals surface area (Å²) in [6.45, 7) is -0.699. The Kier molecular flexibility index (Phi) is 6.19. The van der Waals surface area contributed by atoms with Crippen LogP contribution in [0.4, 0.5) is 10.2 Å². The van der Waals surface area contributed by atoms with Crippen LogP contribution in [0, 0.1) is 5.82 Å². The van der Waals surface area contributed by atoms with Gasteiger partial charge in [-0.1, -0.05) is 12.1 Å². The first kappa shape index (κ1) is 21.8. The van der Waals surface area contributed by atoms with Crippen molar-refractivity contribution in [3.63, 3.8) is 0 Å². The molecule has 0 amide bonds. The van der Waals surface area contributed by atoms with Crippen molar-refractivity contribution in [2.24, 2.45) is 14.1 Å². The fourth-order valence-electron chi connectivity index (χ4n) is 2.96. The topological polar surface area (TPSA) is 127 Å². The van der Waals surface area contributed by atoms with E-state index in [4.69, 9.17) is 14.9 Å². The van der Waals surface area contributed by atoms with Gasteiger partial charge in [-0.25, -0.2) is 9.18 Å². The van der Waals surface area contributed by atoms with E-state index in [1.54, 1.807) is 30.3 Å². The van der Waals surface area contributed by atoms with E-state index >= 15 is 0 Å². The highest BCUT2D eigenvalue weighted by Gasteiger charge is 2.21. The Hall–Kier alpha value is -3.95. The molecule has 0 bridgehead atoms. The smallest absolute Gasteiger partial charge is 0.332 e. The zero-order valence-electron chi connectivity index (χ0n) is 16.9. The fourth-order valence-corrected chi connectivity index (χ4v) is 2.96. The second kappa shape index (κ2) is 8.82. The van der Waals surface area contributed by atoms with Gasteiger partial charge < -0.3 is 14.9 Å². The summed E-state index contributed by atoms with van der Waals surface area (Å²) in [7, 11) is 2.53. The highest BCUT2D eigenvalue weighted by molar-refractivity contribution is 6.01. The number of aryl methyl sites for hydroxylation is 1. The van der Waals surface area contributed by atoms with Crippen molar-refractivity contribution in [3.8, 4) is 11.3 Å². The van der Waals surface area contributed by atoms with E-state index in [-0.39, 0.29) is 18.7 Å². The van der Waals surface area contributed by atoms with Crippen molar-refractivity contribution in [3.05, 3.63) is 74.4 Å². The molecule has 162 valence electrons. The van der Waals surface area contributed by atoms with Gasteiger partial charge in [0.1, 0.15) is 28.7 Å². The molecule has 2 aromatic heterocycles. The number of rotatable bonds is 7. The van der Waals surface area contributed by atoms with Crippen LogP contribution in [0.25, 0.3) is 11.3 Å². The average molecular weight is 429 g/mol. The van der Waals surface area contributed by atoms with Gasteiger partial charge in [-0.2, -0.15) is 0 Å². The largest absolute Gasteiger partial charge is 0.461 e. The molecule has 3 rings (SSSR count). The summed E-state index contributed by atoms with van der Waals surface area (Å²) in [6, 6.07) is 9.36. The van der Waals surface area contributed by atoms with Crippen LogP contribution >= 0.6 is 0 Å². The molecule has 0 saturated heterocycles. The second-order valence-corrected chi connectivity index (χ2v) is 6.80. The molecular weight excluding hydrogens is 409 g/mol. The van der Waals surface area contributed by atoms with Crippen molar-refractivity contribution < 1.29 is 23.1 Å². The van der Waals surface area contributed by atoms with Gasteiger partial charge in [-0.05, 0) is 24.3 Å². The molecule has 1 aromatic carbocycles.